The molecule has 0 aromatic heterocycles. The van der Waals surface area contributed by atoms with Crippen LogP contribution in [0.15, 0.2) is 36.5 Å². The number of allylic oxidation sites excluding steroid dienone is 6. The minimum atomic E-state index is -1.60. The molecular weight excluding hydrogens is 700 g/mol. The number of carbonyl (C=O) groups is 2. The van der Waals surface area contributed by atoms with E-state index in [4.69, 9.17) is 18.9 Å². The van der Waals surface area contributed by atoms with E-state index in [2.05, 4.69) is 50.3 Å². The van der Waals surface area contributed by atoms with E-state index >= 15 is 0 Å². The zero-order valence-corrected chi connectivity index (χ0v) is 34.7. The van der Waals surface area contributed by atoms with Gasteiger partial charge in [0.25, 0.3) is 0 Å². The Balaban J connectivity index is 2.36. The van der Waals surface area contributed by atoms with Crippen molar-refractivity contribution in [1.29, 1.82) is 0 Å². The Bertz CT molecular complexity index is 996. The van der Waals surface area contributed by atoms with Crippen LogP contribution in [0.4, 0.5) is 0 Å². The van der Waals surface area contributed by atoms with Gasteiger partial charge in [0.05, 0.1) is 13.2 Å². The Morgan fingerprint density at radius 2 is 1.02 bits per heavy atom. The standard InChI is InChI=1S/C45H80O10/c1-3-5-7-9-11-13-15-17-19-21-23-25-27-29-31-33-40(47)52-36-38(37-53-45-44(51)43(50)42(49)39(35-46)55-45)54-41(48)34-32-30-28-26-24-22-20-18-16-14-12-10-8-6-4-2/h13-16,18,20,38-39,42-46,49-51H,3-12,17,19,21-37H2,1-2H3/b15-13+,16-14+,20-18+/t38-,39-,42+,43?,44?,45-/m0/s1. The molecule has 0 saturated carbocycles. The van der Waals surface area contributed by atoms with Crippen molar-refractivity contribution in [2.75, 3.05) is 19.8 Å². The van der Waals surface area contributed by atoms with E-state index in [9.17, 15) is 30.0 Å². The van der Waals surface area contributed by atoms with Crippen molar-refractivity contribution in [3.8, 4) is 0 Å². The summed E-state index contributed by atoms with van der Waals surface area (Å²) in [6.45, 7) is 3.37. The molecule has 1 aliphatic rings. The van der Waals surface area contributed by atoms with Crippen LogP contribution < -0.4 is 0 Å². The Morgan fingerprint density at radius 1 is 0.564 bits per heavy atom. The molecule has 55 heavy (non-hydrogen) atoms. The van der Waals surface area contributed by atoms with Gasteiger partial charge >= 0.3 is 11.9 Å². The molecule has 1 rings (SSSR count). The molecule has 0 radical (unpaired) electrons. The summed E-state index contributed by atoms with van der Waals surface area (Å²) in [6, 6.07) is 0. The molecule has 0 bridgehead atoms. The maximum Gasteiger partial charge on any atom is 0.306 e. The molecule has 10 nitrogen and oxygen atoms in total. The molecule has 2 unspecified atom stereocenters. The van der Waals surface area contributed by atoms with Crippen LogP contribution in [0, 0.1) is 0 Å². The van der Waals surface area contributed by atoms with Crippen molar-refractivity contribution in [3.63, 3.8) is 0 Å². The fourth-order valence-electron chi connectivity index (χ4n) is 6.47. The first kappa shape index (κ1) is 50.9. The van der Waals surface area contributed by atoms with Gasteiger partial charge in [-0.1, -0.05) is 140 Å². The number of ether oxygens (including phenoxy) is 4. The lowest BCUT2D eigenvalue weighted by Gasteiger charge is -2.39. The second-order valence-electron chi connectivity index (χ2n) is 15.2. The lowest BCUT2D eigenvalue weighted by Crippen LogP contribution is -2.59. The van der Waals surface area contributed by atoms with Crippen LogP contribution in [0.25, 0.3) is 0 Å². The molecule has 10 heteroatoms. The lowest BCUT2D eigenvalue weighted by molar-refractivity contribution is -0.305. The average Bonchev–Trinajstić information content (AvgIpc) is 3.18. The van der Waals surface area contributed by atoms with Crippen molar-refractivity contribution in [2.24, 2.45) is 0 Å². The molecule has 0 aromatic carbocycles. The van der Waals surface area contributed by atoms with E-state index in [1.165, 1.54) is 77.0 Å². The van der Waals surface area contributed by atoms with Gasteiger partial charge in [0.15, 0.2) is 12.4 Å². The molecule has 0 spiro atoms. The van der Waals surface area contributed by atoms with Gasteiger partial charge in [-0.15, -0.1) is 0 Å². The molecule has 1 aliphatic heterocycles. The predicted octanol–water partition coefficient (Wildman–Crippen LogP) is 9.11. The summed E-state index contributed by atoms with van der Waals surface area (Å²) in [7, 11) is 0. The quantitative estimate of drug-likeness (QED) is 0.0210. The number of unbranched alkanes of at least 4 members (excludes halogenated alkanes) is 20. The summed E-state index contributed by atoms with van der Waals surface area (Å²) < 4.78 is 22.1. The first-order valence-electron chi connectivity index (χ1n) is 22.1. The SMILES string of the molecule is CCCCCC/C=C/C=C/CCCCCCCC(=O)O[C@@H](COC(=O)CCCCCCCCC/C=C/CCCCCC)CO[C@H]1O[C@@H](CO)[C@@H](O)C(O)C1O. The van der Waals surface area contributed by atoms with Crippen molar-refractivity contribution in [3.05, 3.63) is 36.5 Å². The van der Waals surface area contributed by atoms with E-state index in [0.717, 1.165) is 70.6 Å². The van der Waals surface area contributed by atoms with Crippen molar-refractivity contribution in [2.45, 2.75) is 218 Å². The summed E-state index contributed by atoms with van der Waals surface area (Å²) >= 11 is 0. The predicted molar refractivity (Wildman–Crippen MR) is 219 cm³/mol. The monoisotopic (exact) mass is 781 g/mol. The largest absolute Gasteiger partial charge is 0.462 e. The number of hydrogen-bond donors (Lipinski definition) is 4. The van der Waals surface area contributed by atoms with Gasteiger partial charge in [-0.05, 0) is 64.2 Å². The number of hydrogen-bond acceptors (Lipinski definition) is 10. The highest BCUT2D eigenvalue weighted by Crippen LogP contribution is 2.22. The normalized spacial score (nSPS) is 20.9. The van der Waals surface area contributed by atoms with Crippen LogP contribution in [0.2, 0.25) is 0 Å². The van der Waals surface area contributed by atoms with Crippen molar-refractivity contribution < 1.29 is 49.0 Å². The molecule has 1 fully saturated rings. The molecule has 1 saturated heterocycles. The molecule has 0 amide bonds. The topological polar surface area (TPSA) is 152 Å². The highest BCUT2D eigenvalue weighted by Gasteiger charge is 2.44. The number of rotatable bonds is 36. The van der Waals surface area contributed by atoms with E-state index < -0.39 is 49.4 Å². The van der Waals surface area contributed by atoms with Crippen LogP contribution in [0.1, 0.15) is 181 Å². The highest BCUT2D eigenvalue weighted by molar-refractivity contribution is 5.70. The molecular formula is C45H80O10. The van der Waals surface area contributed by atoms with E-state index in [1.54, 1.807) is 0 Å². The molecule has 6 atom stereocenters. The van der Waals surface area contributed by atoms with Gasteiger partial charge in [0, 0.05) is 12.8 Å². The molecule has 320 valence electrons. The third-order valence-electron chi connectivity index (χ3n) is 10.0. The van der Waals surface area contributed by atoms with Crippen LogP contribution >= 0.6 is 0 Å². The second-order valence-corrected chi connectivity index (χ2v) is 15.2. The lowest BCUT2D eigenvalue weighted by atomic mass is 9.99. The van der Waals surface area contributed by atoms with Crippen LogP contribution in [0.3, 0.4) is 0 Å². The Morgan fingerprint density at radius 3 is 1.53 bits per heavy atom. The van der Waals surface area contributed by atoms with Crippen molar-refractivity contribution in [1.82, 2.24) is 0 Å². The maximum atomic E-state index is 12.7. The third kappa shape index (κ3) is 28.0. The highest BCUT2D eigenvalue weighted by atomic mass is 16.7. The smallest absolute Gasteiger partial charge is 0.306 e. The summed E-state index contributed by atoms with van der Waals surface area (Å²) in [6.07, 6.45) is 32.9. The molecule has 1 heterocycles. The Kier molecular flexibility index (Phi) is 33.6. The van der Waals surface area contributed by atoms with Gasteiger partial charge in [0.2, 0.25) is 0 Å². The summed E-state index contributed by atoms with van der Waals surface area (Å²) in [5.41, 5.74) is 0. The number of esters is 2. The van der Waals surface area contributed by atoms with Crippen molar-refractivity contribution >= 4 is 11.9 Å². The molecule has 0 aliphatic carbocycles. The number of aliphatic hydroxyl groups excluding tert-OH is 4. The maximum absolute atomic E-state index is 12.7. The zero-order valence-electron chi connectivity index (χ0n) is 34.7. The Hall–Kier alpha value is -2.08. The van der Waals surface area contributed by atoms with Gasteiger partial charge in [-0.2, -0.15) is 0 Å². The van der Waals surface area contributed by atoms with Gasteiger partial charge in [-0.25, -0.2) is 0 Å². The minimum absolute atomic E-state index is 0.212. The fourth-order valence-corrected chi connectivity index (χ4v) is 6.47. The fraction of sp³-hybridized carbons (Fsp3) is 0.822. The Labute approximate surface area is 334 Å². The van der Waals surface area contributed by atoms with Gasteiger partial charge < -0.3 is 39.4 Å². The minimum Gasteiger partial charge on any atom is -0.462 e. The summed E-state index contributed by atoms with van der Waals surface area (Å²) in [5.74, 6) is -0.829. The first-order chi connectivity index (χ1) is 26.8. The number of aliphatic hydroxyl groups is 4. The summed E-state index contributed by atoms with van der Waals surface area (Å²) in [4.78, 5) is 25.3. The first-order valence-corrected chi connectivity index (χ1v) is 22.1. The van der Waals surface area contributed by atoms with E-state index in [0.29, 0.717) is 6.42 Å². The third-order valence-corrected chi connectivity index (χ3v) is 10.0. The zero-order chi connectivity index (χ0) is 40.2. The van der Waals surface area contributed by atoms with E-state index in [-0.39, 0.29) is 32.0 Å². The van der Waals surface area contributed by atoms with Crippen LogP contribution in [0.5, 0.6) is 0 Å². The molecule has 4 N–H and O–H groups in total. The number of carbonyl (C=O) groups excluding carboxylic acids is 2. The average molecular weight is 781 g/mol. The van der Waals surface area contributed by atoms with E-state index in [1.807, 2.05) is 0 Å². The molecule has 0 aromatic rings. The second kappa shape index (κ2) is 36.3. The van der Waals surface area contributed by atoms with Gasteiger partial charge in [0.1, 0.15) is 31.0 Å². The summed E-state index contributed by atoms with van der Waals surface area (Å²) in [5, 5.41) is 40.0. The van der Waals surface area contributed by atoms with Gasteiger partial charge in [-0.3, -0.25) is 9.59 Å². The van der Waals surface area contributed by atoms with Crippen LogP contribution in [-0.4, -0.2) is 89.0 Å². The van der Waals surface area contributed by atoms with Crippen LogP contribution in [-0.2, 0) is 28.5 Å².